The van der Waals surface area contributed by atoms with E-state index in [4.69, 9.17) is 9.47 Å². The molecule has 2 saturated heterocycles. The number of hydrogen-bond donors (Lipinski definition) is 1. The normalized spacial score (nSPS) is 25.1. The lowest BCUT2D eigenvalue weighted by Gasteiger charge is -2.38. The van der Waals surface area contributed by atoms with Gasteiger partial charge in [0.1, 0.15) is 5.60 Å². The van der Waals surface area contributed by atoms with Crippen LogP contribution in [0.2, 0.25) is 0 Å². The molecule has 1 amide bonds. The summed E-state index contributed by atoms with van der Waals surface area (Å²) in [6.07, 6.45) is -1.08. The molecule has 2 aliphatic rings. The monoisotopic (exact) mass is 371 g/mol. The number of piperazine rings is 1. The van der Waals surface area contributed by atoms with E-state index in [0.29, 0.717) is 39.3 Å². The maximum absolute atomic E-state index is 12.3. The minimum Gasteiger partial charge on any atom is -0.466 e. The Hall–Kier alpha value is -1.38. The second-order valence-electron chi connectivity index (χ2n) is 8.70. The molecule has 0 aromatic rings. The number of rotatable bonds is 4. The Labute approximate surface area is 156 Å². The maximum atomic E-state index is 12.3. The number of nitrogens with zero attached hydrogens (tertiary/aromatic N) is 3. The summed E-state index contributed by atoms with van der Waals surface area (Å²) >= 11 is 0. The summed E-state index contributed by atoms with van der Waals surface area (Å²) in [7, 11) is 0. The first-order valence-corrected chi connectivity index (χ1v) is 9.27. The molecular formula is C18H33N3O5. The first kappa shape index (κ1) is 20.9. The van der Waals surface area contributed by atoms with Gasteiger partial charge in [-0.25, -0.2) is 4.79 Å². The molecule has 0 radical (unpaired) electrons. The van der Waals surface area contributed by atoms with Crippen molar-refractivity contribution in [3.8, 4) is 0 Å². The minimum atomic E-state index is -0.755. The number of carbonyl (C=O) groups is 2. The molecule has 2 rings (SSSR count). The van der Waals surface area contributed by atoms with Crippen molar-refractivity contribution >= 4 is 12.1 Å². The maximum Gasteiger partial charge on any atom is 0.410 e. The Kier molecular flexibility index (Phi) is 6.20. The summed E-state index contributed by atoms with van der Waals surface area (Å²) in [5.41, 5.74) is -1.24. The number of esters is 1. The molecule has 8 heteroatoms. The van der Waals surface area contributed by atoms with Gasteiger partial charge in [0.2, 0.25) is 0 Å². The number of aliphatic hydroxyl groups excluding tert-OH is 1. The quantitative estimate of drug-likeness (QED) is 0.741. The van der Waals surface area contributed by atoms with E-state index in [1.54, 1.807) is 11.8 Å². The zero-order chi connectivity index (χ0) is 19.7. The van der Waals surface area contributed by atoms with Crippen LogP contribution in [0.15, 0.2) is 0 Å². The van der Waals surface area contributed by atoms with Crippen LogP contribution in [-0.2, 0) is 14.3 Å². The van der Waals surface area contributed by atoms with Gasteiger partial charge in [0.25, 0.3) is 0 Å². The Bertz CT molecular complexity index is 531. The highest BCUT2D eigenvalue weighted by molar-refractivity contribution is 5.76. The number of ether oxygens (including phenoxy) is 2. The molecule has 0 aromatic carbocycles. The molecule has 0 saturated carbocycles. The van der Waals surface area contributed by atoms with Gasteiger partial charge >= 0.3 is 12.1 Å². The molecule has 1 unspecified atom stereocenters. The van der Waals surface area contributed by atoms with Crippen LogP contribution < -0.4 is 0 Å². The van der Waals surface area contributed by atoms with Gasteiger partial charge in [0, 0.05) is 38.8 Å². The van der Waals surface area contributed by atoms with Crippen LogP contribution in [0.25, 0.3) is 0 Å². The second-order valence-corrected chi connectivity index (χ2v) is 8.70. The SMILES string of the molecule is CCOC(=O)C(C)(C)CN1C[C@@H]2CN(C(=O)OC(C)(C)C)CCN2C1O. The van der Waals surface area contributed by atoms with Crippen LogP contribution in [0.3, 0.4) is 0 Å². The Balaban J connectivity index is 1.97. The van der Waals surface area contributed by atoms with Gasteiger partial charge in [0.05, 0.1) is 12.0 Å². The van der Waals surface area contributed by atoms with Crippen molar-refractivity contribution in [2.75, 3.05) is 39.3 Å². The summed E-state index contributed by atoms with van der Waals surface area (Å²) in [5.74, 6) is -0.271. The highest BCUT2D eigenvalue weighted by Gasteiger charge is 2.45. The average molecular weight is 371 g/mol. The summed E-state index contributed by atoms with van der Waals surface area (Å²) in [6.45, 7) is 13.9. The van der Waals surface area contributed by atoms with Gasteiger partial charge in [-0.2, -0.15) is 0 Å². The molecule has 2 fully saturated rings. The molecule has 8 nitrogen and oxygen atoms in total. The topological polar surface area (TPSA) is 82.5 Å². The van der Waals surface area contributed by atoms with E-state index in [9.17, 15) is 14.7 Å². The average Bonchev–Trinajstić information content (AvgIpc) is 2.81. The predicted octanol–water partition coefficient (Wildman–Crippen LogP) is 1.09. The van der Waals surface area contributed by atoms with Crippen molar-refractivity contribution in [2.45, 2.75) is 59.5 Å². The molecule has 1 N–H and O–H groups in total. The van der Waals surface area contributed by atoms with Gasteiger partial charge in [-0.3, -0.25) is 14.6 Å². The molecule has 2 aliphatic heterocycles. The molecule has 0 aliphatic carbocycles. The van der Waals surface area contributed by atoms with Crippen molar-refractivity contribution in [3.63, 3.8) is 0 Å². The van der Waals surface area contributed by atoms with Gasteiger partial charge in [-0.1, -0.05) is 0 Å². The van der Waals surface area contributed by atoms with Crippen LogP contribution in [0.5, 0.6) is 0 Å². The van der Waals surface area contributed by atoms with Crippen LogP contribution >= 0.6 is 0 Å². The van der Waals surface area contributed by atoms with Gasteiger partial charge in [-0.15, -0.1) is 0 Å². The lowest BCUT2D eigenvalue weighted by atomic mass is 9.93. The summed E-state index contributed by atoms with van der Waals surface area (Å²) < 4.78 is 10.6. The fourth-order valence-corrected chi connectivity index (χ4v) is 3.45. The summed E-state index contributed by atoms with van der Waals surface area (Å²) in [5, 5.41) is 10.6. The summed E-state index contributed by atoms with van der Waals surface area (Å²) in [6, 6.07) is 0.0178. The van der Waals surface area contributed by atoms with E-state index in [-0.39, 0.29) is 18.1 Å². The smallest absolute Gasteiger partial charge is 0.410 e. The number of carbonyl (C=O) groups excluding carboxylic acids is 2. The van der Waals surface area contributed by atoms with E-state index in [1.807, 2.05) is 44.4 Å². The molecule has 150 valence electrons. The number of fused-ring (bicyclic) bond motifs is 1. The fourth-order valence-electron chi connectivity index (χ4n) is 3.45. The van der Waals surface area contributed by atoms with E-state index in [0.717, 1.165) is 0 Å². The fraction of sp³-hybridized carbons (Fsp3) is 0.889. The largest absolute Gasteiger partial charge is 0.466 e. The second kappa shape index (κ2) is 7.70. The zero-order valence-electron chi connectivity index (χ0n) is 16.8. The third kappa shape index (κ3) is 4.86. The van der Waals surface area contributed by atoms with Crippen LogP contribution in [0, 0.1) is 5.41 Å². The van der Waals surface area contributed by atoms with E-state index < -0.39 is 17.4 Å². The van der Waals surface area contributed by atoms with E-state index in [2.05, 4.69) is 0 Å². The zero-order valence-corrected chi connectivity index (χ0v) is 16.8. The third-order valence-corrected chi connectivity index (χ3v) is 4.67. The molecule has 2 heterocycles. The van der Waals surface area contributed by atoms with Crippen molar-refractivity contribution in [3.05, 3.63) is 0 Å². The van der Waals surface area contributed by atoms with Crippen molar-refractivity contribution in [1.82, 2.24) is 14.7 Å². The number of amides is 1. The van der Waals surface area contributed by atoms with E-state index >= 15 is 0 Å². The van der Waals surface area contributed by atoms with Gasteiger partial charge in [0.15, 0.2) is 6.35 Å². The third-order valence-electron chi connectivity index (χ3n) is 4.67. The van der Waals surface area contributed by atoms with E-state index in [1.165, 1.54) is 0 Å². The summed E-state index contributed by atoms with van der Waals surface area (Å²) in [4.78, 5) is 30.0. The van der Waals surface area contributed by atoms with Crippen LogP contribution in [0.1, 0.15) is 41.5 Å². The van der Waals surface area contributed by atoms with Crippen molar-refractivity contribution in [2.24, 2.45) is 5.41 Å². The molecule has 26 heavy (non-hydrogen) atoms. The minimum absolute atomic E-state index is 0.0178. The van der Waals surface area contributed by atoms with Crippen LogP contribution in [-0.4, -0.2) is 89.2 Å². The number of aliphatic hydroxyl groups is 1. The molecule has 0 bridgehead atoms. The Morgan fingerprint density at radius 2 is 1.77 bits per heavy atom. The van der Waals surface area contributed by atoms with Gasteiger partial charge < -0.3 is 19.5 Å². The van der Waals surface area contributed by atoms with Crippen molar-refractivity contribution < 1.29 is 24.2 Å². The Morgan fingerprint density at radius 3 is 2.35 bits per heavy atom. The standard InChI is InChI=1S/C18H33N3O5/c1-7-25-14(22)18(5,6)12-20-11-13-10-19(8-9-21(13)15(20)23)16(24)26-17(2,3)4/h13,15,23H,7-12H2,1-6H3/t13-,15?/m0/s1. The lowest BCUT2D eigenvalue weighted by molar-refractivity contribution is -0.157. The first-order valence-electron chi connectivity index (χ1n) is 9.27. The first-order chi connectivity index (χ1) is 11.9. The van der Waals surface area contributed by atoms with Crippen LogP contribution in [0.4, 0.5) is 4.79 Å². The Morgan fingerprint density at radius 1 is 1.12 bits per heavy atom. The number of hydrogen-bond acceptors (Lipinski definition) is 7. The molecule has 2 atom stereocenters. The molecule has 0 aromatic heterocycles. The highest BCUT2D eigenvalue weighted by atomic mass is 16.6. The molecular weight excluding hydrogens is 338 g/mol. The predicted molar refractivity (Wildman–Crippen MR) is 96.3 cm³/mol. The van der Waals surface area contributed by atoms with Gasteiger partial charge in [-0.05, 0) is 41.5 Å². The highest BCUT2D eigenvalue weighted by Crippen LogP contribution is 2.28. The van der Waals surface area contributed by atoms with Crippen molar-refractivity contribution in [1.29, 1.82) is 0 Å². The lowest BCUT2D eigenvalue weighted by Crippen LogP contribution is -2.55. The molecule has 0 spiro atoms.